The Bertz CT molecular complexity index is 200. The molecule has 2 heteroatoms. The largest absolute Gasteiger partial charge is 0.378 e. The van der Waals surface area contributed by atoms with Crippen molar-refractivity contribution >= 4 is 10.2 Å². The summed E-state index contributed by atoms with van der Waals surface area (Å²) >= 11 is 0. The normalized spacial score (nSPS) is 48.7. The van der Waals surface area contributed by atoms with Crippen molar-refractivity contribution in [2.75, 3.05) is 6.61 Å². The number of ether oxygens (including phenoxy) is 1. The fourth-order valence-electron chi connectivity index (χ4n) is 2.97. The molecule has 1 nitrogen and oxygen atoms in total. The van der Waals surface area contributed by atoms with Crippen LogP contribution in [-0.4, -0.2) is 23.0 Å². The summed E-state index contributed by atoms with van der Waals surface area (Å²) in [5.41, 5.74) is 0.797. The van der Waals surface area contributed by atoms with Gasteiger partial charge in [-0.3, -0.25) is 0 Å². The van der Waals surface area contributed by atoms with Gasteiger partial charge in [0.25, 0.3) is 0 Å². The quantitative estimate of drug-likeness (QED) is 0.624. The number of fused-ring (bicyclic) bond motifs is 2. The molecule has 2 bridgehead atoms. The third-order valence-electron chi connectivity index (χ3n) is 4.03. The predicted octanol–water partition coefficient (Wildman–Crippen LogP) is 2.17. The van der Waals surface area contributed by atoms with Gasteiger partial charge >= 0.3 is 0 Å². The maximum Gasteiger partial charge on any atom is 0.0606 e. The average Bonchev–Trinajstić information content (AvgIpc) is 2.77. The third kappa shape index (κ3) is 1.59. The van der Waals surface area contributed by atoms with Crippen molar-refractivity contribution in [3.63, 3.8) is 0 Å². The second-order valence-corrected chi connectivity index (χ2v) is 5.89. The lowest BCUT2D eigenvalue weighted by Crippen LogP contribution is -2.23. The average molecular weight is 193 g/mol. The first kappa shape index (κ1) is 8.48. The maximum atomic E-state index is 5.99. The van der Waals surface area contributed by atoms with E-state index in [9.17, 15) is 0 Å². The monoisotopic (exact) mass is 193 g/mol. The van der Waals surface area contributed by atoms with Gasteiger partial charge in [-0.15, -0.1) is 0 Å². The van der Waals surface area contributed by atoms with Gasteiger partial charge in [0, 0.05) is 16.8 Å². The molecule has 4 unspecified atom stereocenters. The molecule has 3 radical (unpaired) electrons. The molecule has 0 aliphatic heterocycles. The summed E-state index contributed by atoms with van der Waals surface area (Å²) in [6, 6.07) is 0. The predicted molar refractivity (Wildman–Crippen MR) is 52.8 cm³/mol. The van der Waals surface area contributed by atoms with E-state index in [1.807, 2.05) is 0 Å². The third-order valence-corrected chi connectivity index (χ3v) is 4.74. The Morgan fingerprint density at radius 2 is 1.92 bits per heavy atom. The van der Waals surface area contributed by atoms with Crippen LogP contribution in [0.25, 0.3) is 0 Å². The summed E-state index contributed by atoms with van der Waals surface area (Å²) in [5, 5.41) is 0. The fourth-order valence-corrected chi connectivity index (χ4v) is 3.55. The fraction of sp³-hybridized carbons (Fsp3) is 1.00. The van der Waals surface area contributed by atoms with Gasteiger partial charge in [-0.05, 0) is 55.4 Å². The minimum absolute atomic E-state index is 0.623. The molecule has 0 saturated heterocycles. The molecule has 0 aromatic carbocycles. The van der Waals surface area contributed by atoms with Gasteiger partial charge in [0.1, 0.15) is 0 Å². The molecule has 71 valence electrons. The van der Waals surface area contributed by atoms with Crippen molar-refractivity contribution < 1.29 is 4.74 Å². The number of hydrogen-bond acceptors (Lipinski definition) is 1. The van der Waals surface area contributed by atoms with Gasteiger partial charge in [-0.2, -0.15) is 0 Å². The first-order valence-electron chi connectivity index (χ1n) is 5.65. The summed E-state index contributed by atoms with van der Waals surface area (Å²) in [6.45, 7) is 1.06. The molecule has 4 atom stereocenters. The van der Waals surface area contributed by atoms with Crippen LogP contribution in [0.4, 0.5) is 0 Å². The first-order chi connectivity index (χ1) is 6.33. The molecule has 3 aliphatic carbocycles. The van der Waals surface area contributed by atoms with E-state index in [0.29, 0.717) is 6.10 Å². The van der Waals surface area contributed by atoms with Crippen LogP contribution in [0.2, 0.25) is 5.54 Å². The SMILES string of the molecule is [Si]C1CC2CC1CC2OCC1CC1. The van der Waals surface area contributed by atoms with E-state index in [0.717, 1.165) is 29.9 Å². The van der Waals surface area contributed by atoms with Gasteiger partial charge in [-0.25, -0.2) is 0 Å². The summed E-state index contributed by atoms with van der Waals surface area (Å²) in [6.07, 6.45) is 7.56. The Kier molecular flexibility index (Phi) is 2.02. The summed E-state index contributed by atoms with van der Waals surface area (Å²) in [4.78, 5) is 0. The first-order valence-corrected chi connectivity index (χ1v) is 6.23. The molecule has 3 aliphatic rings. The van der Waals surface area contributed by atoms with Crippen LogP contribution in [-0.2, 0) is 4.74 Å². The van der Waals surface area contributed by atoms with Crippen LogP contribution < -0.4 is 0 Å². The van der Waals surface area contributed by atoms with Crippen molar-refractivity contribution in [1.29, 1.82) is 0 Å². The van der Waals surface area contributed by atoms with Crippen LogP contribution in [0.1, 0.15) is 32.1 Å². The van der Waals surface area contributed by atoms with Gasteiger partial charge in [0.2, 0.25) is 0 Å². The highest BCUT2D eigenvalue weighted by Gasteiger charge is 2.44. The van der Waals surface area contributed by atoms with Gasteiger partial charge < -0.3 is 4.74 Å². The molecule has 0 aromatic heterocycles. The Morgan fingerprint density at radius 3 is 2.46 bits per heavy atom. The smallest absolute Gasteiger partial charge is 0.0606 e. The summed E-state index contributed by atoms with van der Waals surface area (Å²) in [5.74, 6) is 2.73. The molecule has 0 amide bonds. The molecule has 0 heterocycles. The molecule has 13 heavy (non-hydrogen) atoms. The highest BCUT2D eigenvalue weighted by Crippen LogP contribution is 2.51. The lowest BCUT2D eigenvalue weighted by Gasteiger charge is -2.25. The molecule has 3 rings (SSSR count). The van der Waals surface area contributed by atoms with Crippen molar-refractivity contribution in [3.05, 3.63) is 0 Å². The number of rotatable bonds is 3. The summed E-state index contributed by atoms with van der Waals surface area (Å²) < 4.78 is 5.99. The minimum atomic E-state index is 0.623. The van der Waals surface area contributed by atoms with Crippen LogP contribution in [0, 0.1) is 17.8 Å². The van der Waals surface area contributed by atoms with Crippen LogP contribution >= 0.6 is 0 Å². The van der Waals surface area contributed by atoms with Crippen molar-refractivity contribution in [1.82, 2.24) is 0 Å². The van der Waals surface area contributed by atoms with Gasteiger partial charge in [0.15, 0.2) is 0 Å². The van der Waals surface area contributed by atoms with Crippen molar-refractivity contribution in [2.45, 2.75) is 43.7 Å². The molecule has 0 N–H and O–H groups in total. The second kappa shape index (κ2) is 3.09. The minimum Gasteiger partial charge on any atom is -0.378 e. The van der Waals surface area contributed by atoms with Crippen LogP contribution in [0.3, 0.4) is 0 Å². The van der Waals surface area contributed by atoms with Gasteiger partial charge in [-0.1, -0.05) is 0 Å². The zero-order chi connectivity index (χ0) is 8.84. The van der Waals surface area contributed by atoms with E-state index in [1.54, 1.807) is 0 Å². The topological polar surface area (TPSA) is 9.23 Å². The Labute approximate surface area is 83.7 Å². The number of hydrogen-bond donors (Lipinski definition) is 0. The second-order valence-electron chi connectivity index (χ2n) is 5.15. The zero-order valence-electron chi connectivity index (χ0n) is 8.04. The van der Waals surface area contributed by atoms with E-state index in [-0.39, 0.29) is 0 Å². The Morgan fingerprint density at radius 1 is 1.08 bits per heavy atom. The van der Waals surface area contributed by atoms with Crippen molar-refractivity contribution in [2.24, 2.45) is 17.8 Å². The van der Waals surface area contributed by atoms with E-state index in [1.165, 1.54) is 32.1 Å². The Hall–Kier alpha value is 0.177. The van der Waals surface area contributed by atoms with Gasteiger partial charge in [0.05, 0.1) is 6.10 Å². The summed E-state index contributed by atoms with van der Waals surface area (Å²) in [7, 11) is 3.81. The van der Waals surface area contributed by atoms with E-state index in [2.05, 4.69) is 10.2 Å². The molecule has 3 saturated carbocycles. The molecule has 0 aromatic rings. The zero-order valence-corrected chi connectivity index (χ0v) is 9.04. The molecule has 0 spiro atoms. The van der Waals surface area contributed by atoms with E-state index < -0.39 is 0 Å². The van der Waals surface area contributed by atoms with Crippen molar-refractivity contribution in [3.8, 4) is 0 Å². The lowest BCUT2D eigenvalue weighted by molar-refractivity contribution is 0.0108. The lowest BCUT2D eigenvalue weighted by atomic mass is 9.97. The highest BCUT2D eigenvalue weighted by molar-refractivity contribution is 6.12. The maximum absolute atomic E-state index is 5.99. The standard InChI is InChI=1S/C11H17OSi/c13-11-5-8-3-9(11)4-10(8)12-6-7-1-2-7/h7-11H,1-6H2. The molecule has 3 fully saturated rings. The molecular weight excluding hydrogens is 176 g/mol. The molecular formula is C11H17OSi. The van der Waals surface area contributed by atoms with E-state index in [4.69, 9.17) is 4.74 Å². The van der Waals surface area contributed by atoms with E-state index >= 15 is 0 Å². The van der Waals surface area contributed by atoms with Crippen LogP contribution in [0.15, 0.2) is 0 Å². The highest BCUT2D eigenvalue weighted by atomic mass is 28.1. The van der Waals surface area contributed by atoms with Crippen LogP contribution in [0.5, 0.6) is 0 Å². The Balaban J connectivity index is 1.51.